The molecule has 14 heavy (non-hydrogen) atoms. The fourth-order valence-electron chi connectivity index (χ4n) is 1.46. The molecule has 2 heteroatoms. The SMILES string of the molecule is Cc1ccc(C)c(C(O)C(C)(C)N)c1. The van der Waals surface area contributed by atoms with E-state index in [1.165, 1.54) is 0 Å². The van der Waals surface area contributed by atoms with Crippen molar-refractivity contribution < 1.29 is 5.11 Å². The molecule has 0 spiro atoms. The van der Waals surface area contributed by atoms with Gasteiger partial charge in [0.2, 0.25) is 0 Å². The predicted octanol–water partition coefficient (Wildman–Crippen LogP) is 2.07. The van der Waals surface area contributed by atoms with Gasteiger partial charge in [-0.1, -0.05) is 23.8 Å². The average Bonchev–Trinajstić information content (AvgIpc) is 2.06. The van der Waals surface area contributed by atoms with Gasteiger partial charge in [-0.2, -0.15) is 0 Å². The van der Waals surface area contributed by atoms with Crippen LogP contribution in [-0.2, 0) is 0 Å². The molecule has 0 bridgehead atoms. The van der Waals surface area contributed by atoms with Crippen LogP contribution >= 0.6 is 0 Å². The molecule has 1 aromatic rings. The summed E-state index contributed by atoms with van der Waals surface area (Å²) in [7, 11) is 0. The highest BCUT2D eigenvalue weighted by atomic mass is 16.3. The lowest BCUT2D eigenvalue weighted by molar-refractivity contribution is 0.104. The number of benzene rings is 1. The van der Waals surface area contributed by atoms with Crippen molar-refractivity contribution in [2.24, 2.45) is 5.73 Å². The van der Waals surface area contributed by atoms with Crippen LogP contribution in [0.5, 0.6) is 0 Å². The van der Waals surface area contributed by atoms with Gasteiger partial charge in [0, 0.05) is 5.54 Å². The number of aryl methyl sites for hydroxylation is 2. The second-order valence-corrected chi connectivity index (χ2v) is 4.58. The fourth-order valence-corrected chi connectivity index (χ4v) is 1.46. The minimum atomic E-state index is -0.609. The molecule has 0 aliphatic carbocycles. The topological polar surface area (TPSA) is 46.2 Å². The van der Waals surface area contributed by atoms with Gasteiger partial charge in [0.15, 0.2) is 0 Å². The normalized spacial score (nSPS) is 14.1. The molecule has 1 unspecified atom stereocenters. The van der Waals surface area contributed by atoms with Gasteiger partial charge in [0.1, 0.15) is 0 Å². The van der Waals surface area contributed by atoms with Crippen LogP contribution in [0.2, 0.25) is 0 Å². The van der Waals surface area contributed by atoms with Crippen molar-refractivity contribution in [1.29, 1.82) is 0 Å². The summed E-state index contributed by atoms with van der Waals surface area (Å²) in [4.78, 5) is 0. The van der Waals surface area contributed by atoms with Gasteiger partial charge >= 0.3 is 0 Å². The lowest BCUT2D eigenvalue weighted by Crippen LogP contribution is -2.39. The van der Waals surface area contributed by atoms with Gasteiger partial charge in [0.25, 0.3) is 0 Å². The Bertz CT molecular complexity index is 326. The third-order valence-corrected chi connectivity index (χ3v) is 2.43. The van der Waals surface area contributed by atoms with Crippen LogP contribution in [0, 0.1) is 13.8 Å². The molecule has 0 heterocycles. The maximum atomic E-state index is 10.0. The second kappa shape index (κ2) is 3.71. The van der Waals surface area contributed by atoms with Crippen molar-refractivity contribution in [3.05, 3.63) is 34.9 Å². The zero-order valence-electron chi connectivity index (χ0n) is 9.33. The zero-order valence-corrected chi connectivity index (χ0v) is 9.33. The summed E-state index contributed by atoms with van der Waals surface area (Å²) in [6.45, 7) is 7.67. The van der Waals surface area contributed by atoms with Crippen molar-refractivity contribution in [3.63, 3.8) is 0 Å². The van der Waals surface area contributed by atoms with Gasteiger partial charge in [-0.15, -0.1) is 0 Å². The smallest absolute Gasteiger partial charge is 0.0966 e. The Morgan fingerprint density at radius 2 is 1.86 bits per heavy atom. The quantitative estimate of drug-likeness (QED) is 0.755. The third-order valence-electron chi connectivity index (χ3n) is 2.43. The summed E-state index contributed by atoms with van der Waals surface area (Å²) in [5, 5.41) is 10.0. The largest absolute Gasteiger partial charge is 0.386 e. The molecule has 0 amide bonds. The monoisotopic (exact) mass is 193 g/mol. The van der Waals surface area contributed by atoms with Crippen molar-refractivity contribution in [2.75, 3.05) is 0 Å². The van der Waals surface area contributed by atoms with E-state index in [-0.39, 0.29) is 0 Å². The van der Waals surface area contributed by atoms with Gasteiger partial charge < -0.3 is 10.8 Å². The van der Waals surface area contributed by atoms with Gasteiger partial charge in [-0.05, 0) is 38.8 Å². The number of hydrogen-bond donors (Lipinski definition) is 2. The van der Waals surface area contributed by atoms with Crippen LogP contribution in [0.4, 0.5) is 0 Å². The van der Waals surface area contributed by atoms with Crippen molar-refractivity contribution >= 4 is 0 Å². The first-order valence-corrected chi connectivity index (χ1v) is 4.86. The number of hydrogen-bond acceptors (Lipinski definition) is 2. The Labute approximate surface area is 85.8 Å². The lowest BCUT2D eigenvalue weighted by atomic mass is 9.89. The molecule has 0 saturated carbocycles. The van der Waals surface area contributed by atoms with Crippen LogP contribution in [0.25, 0.3) is 0 Å². The second-order valence-electron chi connectivity index (χ2n) is 4.58. The van der Waals surface area contributed by atoms with Crippen LogP contribution in [0.15, 0.2) is 18.2 Å². The first-order valence-electron chi connectivity index (χ1n) is 4.86. The Hall–Kier alpha value is -0.860. The summed E-state index contributed by atoms with van der Waals surface area (Å²) in [5.41, 5.74) is 8.44. The third kappa shape index (κ3) is 2.34. The number of aliphatic hydroxyl groups is 1. The van der Waals surface area contributed by atoms with Crippen LogP contribution < -0.4 is 5.73 Å². The molecule has 1 aromatic carbocycles. The lowest BCUT2D eigenvalue weighted by Gasteiger charge is -2.27. The van der Waals surface area contributed by atoms with Crippen molar-refractivity contribution in [2.45, 2.75) is 39.3 Å². The summed E-state index contributed by atoms with van der Waals surface area (Å²) in [6.07, 6.45) is -0.609. The highest BCUT2D eigenvalue weighted by Crippen LogP contribution is 2.26. The standard InChI is InChI=1S/C12H19NO/c1-8-5-6-9(2)10(7-8)11(14)12(3,4)13/h5-7,11,14H,13H2,1-4H3. The minimum Gasteiger partial charge on any atom is -0.386 e. The van der Waals surface area contributed by atoms with Crippen molar-refractivity contribution in [3.8, 4) is 0 Å². The van der Waals surface area contributed by atoms with E-state index in [1.807, 2.05) is 45.9 Å². The van der Waals surface area contributed by atoms with Crippen LogP contribution in [0.3, 0.4) is 0 Å². The molecule has 0 aliphatic rings. The maximum Gasteiger partial charge on any atom is 0.0966 e. The molecule has 3 N–H and O–H groups in total. The molecule has 2 nitrogen and oxygen atoms in total. The highest BCUT2D eigenvalue weighted by Gasteiger charge is 2.25. The van der Waals surface area contributed by atoms with E-state index in [0.29, 0.717) is 0 Å². The van der Waals surface area contributed by atoms with Crippen LogP contribution in [-0.4, -0.2) is 10.6 Å². The fraction of sp³-hybridized carbons (Fsp3) is 0.500. The van der Waals surface area contributed by atoms with Gasteiger partial charge in [-0.3, -0.25) is 0 Å². The first-order chi connectivity index (χ1) is 6.32. The summed E-state index contributed by atoms with van der Waals surface area (Å²) in [5.74, 6) is 0. The summed E-state index contributed by atoms with van der Waals surface area (Å²) in [6, 6.07) is 6.04. The number of rotatable bonds is 2. The van der Waals surface area contributed by atoms with Gasteiger partial charge in [0.05, 0.1) is 6.10 Å². The van der Waals surface area contributed by atoms with E-state index in [9.17, 15) is 5.11 Å². The molecule has 1 rings (SSSR count). The van der Waals surface area contributed by atoms with Gasteiger partial charge in [-0.25, -0.2) is 0 Å². The molecular formula is C12H19NO. The Kier molecular flexibility index (Phi) is 2.98. The Morgan fingerprint density at radius 1 is 1.29 bits per heavy atom. The predicted molar refractivity (Wildman–Crippen MR) is 59.1 cm³/mol. The molecule has 0 aromatic heterocycles. The minimum absolute atomic E-state index is 0.599. The molecule has 1 atom stereocenters. The molecular weight excluding hydrogens is 174 g/mol. The van der Waals surface area contributed by atoms with E-state index in [0.717, 1.165) is 16.7 Å². The Balaban J connectivity index is 3.12. The van der Waals surface area contributed by atoms with E-state index >= 15 is 0 Å². The summed E-state index contributed by atoms with van der Waals surface area (Å²) >= 11 is 0. The maximum absolute atomic E-state index is 10.0. The average molecular weight is 193 g/mol. The number of aliphatic hydroxyl groups excluding tert-OH is 1. The molecule has 0 aliphatic heterocycles. The molecule has 0 fully saturated rings. The first kappa shape index (κ1) is 11.2. The molecule has 0 saturated heterocycles. The Morgan fingerprint density at radius 3 is 2.36 bits per heavy atom. The van der Waals surface area contributed by atoms with Crippen molar-refractivity contribution in [1.82, 2.24) is 0 Å². The van der Waals surface area contributed by atoms with E-state index < -0.39 is 11.6 Å². The number of nitrogens with two attached hydrogens (primary N) is 1. The zero-order chi connectivity index (χ0) is 10.9. The van der Waals surface area contributed by atoms with Crippen LogP contribution in [0.1, 0.15) is 36.6 Å². The highest BCUT2D eigenvalue weighted by molar-refractivity contribution is 5.33. The van der Waals surface area contributed by atoms with E-state index in [1.54, 1.807) is 0 Å². The molecule has 78 valence electrons. The molecule has 0 radical (unpaired) electrons. The summed E-state index contributed by atoms with van der Waals surface area (Å²) < 4.78 is 0. The van der Waals surface area contributed by atoms with E-state index in [2.05, 4.69) is 0 Å². The van der Waals surface area contributed by atoms with E-state index in [4.69, 9.17) is 5.73 Å².